The van der Waals surface area contributed by atoms with Crippen molar-refractivity contribution in [1.82, 2.24) is 10.7 Å². The lowest BCUT2D eigenvalue weighted by molar-refractivity contribution is -0.125. The van der Waals surface area contributed by atoms with Gasteiger partial charge in [0.05, 0.1) is 19.2 Å². The predicted octanol–water partition coefficient (Wildman–Crippen LogP) is 2.15. The van der Waals surface area contributed by atoms with Crippen LogP contribution in [0, 0.1) is 0 Å². The molecule has 2 N–H and O–H groups in total. The van der Waals surface area contributed by atoms with Crippen LogP contribution in [0.4, 0.5) is 0 Å². The van der Waals surface area contributed by atoms with Gasteiger partial charge in [0, 0.05) is 10.6 Å². The van der Waals surface area contributed by atoms with Crippen LogP contribution in [0.2, 0.25) is 5.02 Å². The second-order valence-corrected chi connectivity index (χ2v) is 5.16. The van der Waals surface area contributed by atoms with Gasteiger partial charge in [-0.2, -0.15) is 5.10 Å². The van der Waals surface area contributed by atoms with Crippen LogP contribution in [-0.4, -0.2) is 24.6 Å². The molecule has 0 atom stereocenters. The number of carbonyl (C=O) groups is 2. The maximum absolute atomic E-state index is 11.7. The van der Waals surface area contributed by atoms with Gasteiger partial charge in [-0.1, -0.05) is 60.1 Å². The van der Waals surface area contributed by atoms with E-state index in [1.807, 2.05) is 36.4 Å². The van der Waals surface area contributed by atoms with Crippen LogP contribution in [0.25, 0.3) is 0 Å². The molecule has 2 aromatic carbocycles. The third-order valence-corrected chi connectivity index (χ3v) is 3.30. The van der Waals surface area contributed by atoms with Gasteiger partial charge in [0.15, 0.2) is 0 Å². The normalized spacial score (nSPS) is 10.5. The molecule has 0 heterocycles. The molecular formula is C17H16ClN3O2. The number of carbonyl (C=O) groups excluding carboxylic acids is 2. The molecule has 0 saturated carbocycles. The largest absolute Gasteiger partial charge is 0.347 e. The molecule has 5 nitrogen and oxygen atoms in total. The van der Waals surface area contributed by atoms with E-state index < -0.39 is 5.91 Å². The van der Waals surface area contributed by atoms with E-state index in [1.54, 1.807) is 18.2 Å². The molecule has 0 unspecified atom stereocenters. The number of nitrogens with one attached hydrogen (secondary N) is 2. The molecular weight excluding hydrogens is 314 g/mol. The van der Waals surface area contributed by atoms with E-state index in [0.29, 0.717) is 10.6 Å². The van der Waals surface area contributed by atoms with Crippen molar-refractivity contribution in [2.24, 2.45) is 5.10 Å². The fourth-order valence-electron chi connectivity index (χ4n) is 1.82. The molecule has 0 saturated heterocycles. The van der Waals surface area contributed by atoms with Gasteiger partial charge in [-0.3, -0.25) is 9.59 Å². The van der Waals surface area contributed by atoms with Crippen LogP contribution in [-0.2, 0) is 16.0 Å². The Morgan fingerprint density at radius 1 is 1.00 bits per heavy atom. The van der Waals surface area contributed by atoms with Gasteiger partial charge in [-0.25, -0.2) is 5.43 Å². The maximum atomic E-state index is 11.7. The number of nitrogens with zero attached hydrogens (tertiary/aromatic N) is 1. The summed E-state index contributed by atoms with van der Waals surface area (Å²) in [5.41, 5.74) is 3.92. The molecule has 0 spiro atoms. The van der Waals surface area contributed by atoms with Gasteiger partial charge in [0.25, 0.3) is 5.91 Å². The first-order chi connectivity index (χ1) is 11.1. The van der Waals surface area contributed by atoms with E-state index in [1.165, 1.54) is 6.21 Å². The number of hydrazone groups is 1. The number of benzene rings is 2. The summed E-state index contributed by atoms with van der Waals surface area (Å²) in [6.45, 7) is -0.133. The van der Waals surface area contributed by atoms with E-state index in [-0.39, 0.29) is 18.9 Å². The van der Waals surface area contributed by atoms with Crippen molar-refractivity contribution in [3.05, 3.63) is 70.7 Å². The summed E-state index contributed by atoms with van der Waals surface area (Å²) in [4.78, 5) is 23.3. The van der Waals surface area contributed by atoms with Crippen molar-refractivity contribution in [3.63, 3.8) is 0 Å². The Bertz CT molecular complexity index is 702. The number of hydrogen-bond donors (Lipinski definition) is 2. The van der Waals surface area contributed by atoms with E-state index in [9.17, 15) is 9.59 Å². The summed E-state index contributed by atoms with van der Waals surface area (Å²) in [6.07, 6.45) is 1.68. The Morgan fingerprint density at radius 3 is 2.43 bits per heavy atom. The van der Waals surface area contributed by atoms with E-state index in [4.69, 9.17) is 11.6 Å². The molecule has 2 aromatic rings. The maximum Gasteiger partial charge on any atom is 0.259 e. The second kappa shape index (κ2) is 8.70. The van der Waals surface area contributed by atoms with Crippen LogP contribution in [0.1, 0.15) is 11.1 Å². The summed E-state index contributed by atoms with van der Waals surface area (Å²) in [5.74, 6) is -0.629. The Hall–Kier alpha value is -2.66. The molecule has 0 fully saturated rings. The minimum atomic E-state index is -0.408. The highest BCUT2D eigenvalue weighted by molar-refractivity contribution is 6.33. The Kier molecular flexibility index (Phi) is 6.32. The van der Waals surface area contributed by atoms with Crippen LogP contribution in [0.3, 0.4) is 0 Å². The summed E-state index contributed by atoms with van der Waals surface area (Å²) in [6, 6.07) is 16.4. The monoisotopic (exact) mass is 329 g/mol. The molecule has 0 aliphatic rings. The topological polar surface area (TPSA) is 70.6 Å². The van der Waals surface area contributed by atoms with Crippen LogP contribution in [0.5, 0.6) is 0 Å². The first-order valence-corrected chi connectivity index (χ1v) is 7.40. The summed E-state index contributed by atoms with van der Waals surface area (Å²) in [7, 11) is 0. The highest BCUT2D eigenvalue weighted by Crippen LogP contribution is 2.11. The van der Waals surface area contributed by atoms with Crippen LogP contribution >= 0.6 is 11.6 Å². The molecule has 2 rings (SSSR count). The van der Waals surface area contributed by atoms with Crippen molar-refractivity contribution in [3.8, 4) is 0 Å². The SMILES string of the molecule is O=C(Cc1ccccc1)NCC(=O)N/N=C/c1ccccc1Cl. The highest BCUT2D eigenvalue weighted by Gasteiger charge is 2.05. The molecule has 23 heavy (non-hydrogen) atoms. The average Bonchev–Trinajstić information content (AvgIpc) is 2.56. The lowest BCUT2D eigenvalue weighted by Gasteiger charge is -2.04. The van der Waals surface area contributed by atoms with Gasteiger partial charge >= 0.3 is 0 Å². The molecule has 2 amide bonds. The smallest absolute Gasteiger partial charge is 0.259 e. The number of rotatable bonds is 6. The summed E-state index contributed by atoms with van der Waals surface area (Å²) in [5, 5.41) is 6.89. The van der Waals surface area contributed by atoms with Gasteiger partial charge < -0.3 is 5.32 Å². The highest BCUT2D eigenvalue weighted by atomic mass is 35.5. The molecule has 6 heteroatoms. The zero-order valence-electron chi connectivity index (χ0n) is 12.3. The third kappa shape index (κ3) is 5.92. The fraction of sp³-hybridized carbons (Fsp3) is 0.118. The van der Waals surface area contributed by atoms with Crippen LogP contribution in [0.15, 0.2) is 59.7 Å². The summed E-state index contributed by atoms with van der Waals surface area (Å²) >= 11 is 5.96. The van der Waals surface area contributed by atoms with Gasteiger partial charge in [0.2, 0.25) is 5.91 Å². The Labute approximate surface area is 139 Å². The number of amides is 2. The Morgan fingerprint density at radius 2 is 1.70 bits per heavy atom. The molecule has 0 radical (unpaired) electrons. The third-order valence-electron chi connectivity index (χ3n) is 2.95. The number of halogens is 1. The van der Waals surface area contributed by atoms with E-state index >= 15 is 0 Å². The van der Waals surface area contributed by atoms with Crippen molar-refractivity contribution < 1.29 is 9.59 Å². The lowest BCUT2D eigenvalue weighted by atomic mass is 10.1. The molecule has 0 aliphatic heterocycles. The standard InChI is InChI=1S/C17H16ClN3O2/c18-15-9-5-4-8-14(15)11-20-21-17(23)12-19-16(22)10-13-6-2-1-3-7-13/h1-9,11H,10,12H2,(H,19,22)(H,21,23)/b20-11+. The summed E-state index contributed by atoms with van der Waals surface area (Å²) < 4.78 is 0. The quantitative estimate of drug-likeness (QED) is 0.629. The van der Waals surface area contributed by atoms with E-state index in [0.717, 1.165) is 5.56 Å². The predicted molar refractivity (Wildman–Crippen MR) is 90.3 cm³/mol. The van der Waals surface area contributed by atoms with Gasteiger partial charge in [0.1, 0.15) is 0 Å². The average molecular weight is 330 g/mol. The fourth-order valence-corrected chi connectivity index (χ4v) is 2.00. The van der Waals surface area contributed by atoms with E-state index in [2.05, 4.69) is 15.8 Å². The minimum Gasteiger partial charge on any atom is -0.347 e. The first kappa shape index (κ1) is 16.7. The molecule has 0 bridgehead atoms. The van der Waals surface area contributed by atoms with Crippen molar-refractivity contribution in [2.45, 2.75) is 6.42 Å². The van der Waals surface area contributed by atoms with Crippen molar-refractivity contribution in [2.75, 3.05) is 6.54 Å². The zero-order valence-corrected chi connectivity index (χ0v) is 13.1. The zero-order chi connectivity index (χ0) is 16.5. The van der Waals surface area contributed by atoms with Crippen molar-refractivity contribution >= 4 is 29.6 Å². The molecule has 0 aliphatic carbocycles. The van der Waals surface area contributed by atoms with Gasteiger partial charge in [-0.05, 0) is 11.6 Å². The van der Waals surface area contributed by atoms with Gasteiger partial charge in [-0.15, -0.1) is 0 Å². The molecule has 0 aromatic heterocycles. The lowest BCUT2D eigenvalue weighted by Crippen LogP contribution is -2.35. The van der Waals surface area contributed by atoms with Crippen LogP contribution < -0.4 is 10.7 Å². The number of hydrogen-bond acceptors (Lipinski definition) is 3. The second-order valence-electron chi connectivity index (χ2n) is 4.75. The Balaban J connectivity index is 1.73. The first-order valence-electron chi connectivity index (χ1n) is 7.02. The van der Waals surface area contributed by atoms with Crippen molar-refractivity contribution in [1.29, 1.82) is 0 Å². The molecule has 118 valence electrons. The minimum absolute atomic E-state index is 0.133.